The molecule has 0 spiro atoms. The summed E-state index contributed by atoms with van der Waals surface area (Å²) in [5.74, 6) is 0.671. The third kappa shape index (κ3) is 3.75. The van der Waals surface area contributed by atoms with Crippen LogP contribution in [0.25, 0.3) is 22.0 Å². The van der Waals surface area contributed by atoms with Gasteiger partial charge >= 0.3 is 0 Å². The first-order chi connectivity index (χ1) is 13.2. The van der Waals surface area contributed by atoms with Crippen molar-refractivity contribution in [1.29, 1.82) is 0 Å². The Labute approximate surface area is 158 Å². The Morgan fingerprint density at radius 2 is 1.70 bits per heavy atom. The molecule has 0 aliphatic heterocycles. The van der Waals surface area contributed by atoms with Crippen LogP contribution in [-0.2, 0) is 11.3 Å². The van der Waals surface area contributed by atoms with E-state index in [-0.39, 0.29) is 12.3 Å². The van der Waals surface area contributed by atoms with E-state index >= 15 is 0 Å². The van der Waals surface area contributed by atoms with Gasteiger partial charge in [0, 0.05) is 18.2 Å². The number of benzene rings is 3. The third-order valence-corrected chi connectivity index (χ3v) is 4.53. The minimum atomic E-state index is 0.0768. The molecule has 0 bridgehead atoms. The number of fused-ring (bicyclic) bond motifs is 1. The summed E-state index contributed by atoms with van der Waals surface area (Å²) in [7, 11) is 0. The van der Waals surface area contributed by atoms with E-state index in [0.717, 1.165) is 16.8 Å². The first-order valence-electron chi connectivity index (χ1n) is 8.94. The topological polar surface area (TPSA) is 46.3 Å². The zero-order valence-electron chi connectivity index (χ0n) is 15.1. The van der Waals surface area contributed by atoms with Crippen LogP contribution >= 0.6 is 0 Å². The minimum absolute atomic E-state index is 0.0768. The lowest BCUT2D eigenvalue weighted by Gasteiger charge is -2.20. The molecule has 0 fully saturated rings. The van der Waals surface area contributed by atoms with E-state index in [4.69, 9.17) is 4.52 Å². The summed E-state index contributed by atoms with van der Waals surface area (Å²) >= 11 is 0. The van der Waals surface area contributed by atoms with Crippen LogP contribution in [0.5, 0.6) is 0 Å². The molecular weight excluding hydrogens is 336 g/mol. The summed E-state index contributed by atoms with van der Waals surface area (Å²) < 4.78 is 5.59. The first-order valence-corrected chi connectivity index (χ1v) is 8.94. The fraction of sp³-hybridized carbons (Fsp3) is 0.130. The molecule has 134 valence electrons. The van der Waals surface area contributed by atoms with E-state index in [2.05, 4.69) is 29.4 Å². The van der Waals surface area contributed by atoms with Crippen LogP contribution in [-0.4, -0.2) is 17.5 Å². The molecular formula is C23H20N2O2. The predicted octanol–water partition coefficient (Wildman–Crippen LogP) is 5.09. The molecule has 27 heavy (non-hydrogen) atoms. The van der Waals surface area contributed by atoms with Crippen LogP contribution < -0.4 is 4.90 Å². The summed E-state index contributed by atoms with van der Waals surface area (Å²) in [6, 6.07) is 26.2. The molecule has 0 amide bonds. The number of carbonyl (C=O) groups is 1. The number of aromatic nitrogens is 1. The molecule has 0 atom stereocenters. The molecule has 0 unspecified atom stereocenters. The Morgan fingerprint density at radius 3 is 2.52 bits per heavy atom. The van der Waals surface area contributed by atoms with E-state index < -0.39 is 0 Å². The van der Waals surface area contributed by atoms with Crippen LogP contribution in [0.4, 0.5) is 5.88 Å². The maximum absolute atomic E-state index is 11.9. The molecule has 4 nitrogen and oxygen atoms in total. The van der Waals surface area contributed by atoms with Gasteiger partial charge in [-0.2, -0.15) is 0 Å². The summed E-state index contributed by atoms with van der Waals surface area (Å²) in [6.45, 7) is 2.43. The number of nitrogens with zero attached hydrogens (tertiary/aromatic N) is 2. The van der Waals surface area contributed by atoms with E-state index in [0.29, 0.717) is 12.4 Å². The molecule has 0 aliphatic rings. The summed E-state index contributed by atoms with van der Waals surface area (Å²) in [4.78, 5) is 13.8. The maximum Gasteiger partial charge on any atom is 0.228 e. The van der Waals surface area contributed by atoms with Crippen LogP contribution in [0.3, 0.4) is 0 Å². The van der Waals surface area contributed by atoms with Crippen molar-refractivity contribution in [2.75, 3.05) is 11.4 Å². The van der Waals surface area contributed by atoms with Crippen LogP contribution in [0.15, 0.2) is 83.4 Å². The SMILES string of the molecule is CC(=O)CN(Cc1cccc2ccccc12)c1cc(-c2ccccc2)no1. The Kier molecular flexibility index (Phi) is 4.71. The number of Topliss-reactive ketones (excluding diaryl/α,β-unsaturated/α-hetero) is 1. The molecule has 0 aliphatic carbocycles. The monoisotopic (exact) mass is 356 g/mol. The van der Waals surface area contributed by atoms with Crippen molar-refractivity contribution >= 4 is 22.4 Å². The number of hydrogen-bond donors (Lipinski definition) is 0. The van der Waals surface area contributed by atoms with Crippen molar-refractivity contribution in [3.63, 3.8) is 0 Å². The highest BCUT2D eigenvalue weighted by molar-refractivity contribution is 5.86. The van der Waals surface area contributed by atoms with Crippen LogP contribution in [0.2, 0.25) is 0 Å². The van der Waals surface area contributed by atoms with Crippen molar-refractivity contribution < 1.29 is 9.32 Å². The standard InChI is InChI=1S/C23H20N2O2/c1-17(26)15-25(16-20-12-7-11-18-8-5-6-13-21(18)20)23-14-22(24-27-23)19-9-3-2-4-10-19/h2-14H,15-16H2,1H3. The Bertz CT molecular complexity index is 1060. The predicted molar refractivity (Wildman–Crippen MR) is 108 cm³/mol. The van der Waals surface area contributed by atoms with Gasteiger partial charge in [-0.05, 0) is 23.3 Å². The van der Waals surface area contributed by atoms with E-state index in [1.807, 2.05) is 59.5 Å². The average Bonchev–Trinajstić information content (AvgIpc) is 3.18. The number of rotatable bonds is 6. The van der Waals surface area contributed by atoms with E-state index in [1.54, 1.807) is 6.92 Å². The van der Waals surface area contributed by atoms with Crippen molar-refractivity contribution in [2.45, 2.75) is 13.5 Å². The largest absolute Gasteiger partial charge is 0.338 e. The summed E-state index contributed by atoms with van der Waals surface area (Å²) in [6.07, 6.45) is 0. The quantitative estimate of drug-likeness (QED) is 0.483. The van der Waals surface area contributed by atoms with Gasteiger partial charge in [0.15, 0.2) is 0 Å². The highest BCUT2D eigenvalue weighted by Gasteiger charge is 2.17. The van der Waals surface area contributed by atoms with Gasteiger partial charge in [0.2, 0.25) is 5.88 Å². The van der Waals surface area contributed by atoms with Gasteiger partial charge in [-0.3, -0.25) is 4.79 Å². The van der Waals surface area contributed by atoms with Gasteiger partial charge in [0.1, 0.15) is 11.5 Å². The van der Waals surface area contributed by atoms with E-state index in [9.17, 15) is 4.79 Å². The molecule has 0 saturated carbocycles. The second kappa shape index (κ2) is 7.46. The minimum Gasteiger partial charge on any atom is -0.338 e. The van der Waals surface area contributed by atoms with Crippen molar-refractivity contribution in [1.82, 2.24) is 5.16 Å². The van der Waals surface area contributed by atoms with E-state index in [1.165, 1.54) is 10.8 Å². The molecule has 0 radical (unpaired) electrons. The lowest BCUT2D eigenvalue weighted by atomic mass is 10.0. The third-order valence-electron chi connectivity index (χ3n) is 4.53. The second-order valence-corrected chi connectivity index (χ2v) is 6.61. The fourth-order valence-electron chi connectivity index (χ4n) is 3.28. The fourth-order valence-corrected chi connectivity index (χ4v) is 3.28. The molecule has 4 heteroatoms. The number of carbonyl (C=O) groups excluding carboxylic acids is 1. The Hall–Kier alpha value is -3.40. The van der Waals surface area contributed by atoms with Crippen molar-refractivity contribution in [3.8, 4) is 11.3 Å². The van der Waals surface area contributed by atoms with Gasteiger partial charge in [0.05, 0.1) is 6.54 Å². The number of hydrogen-bond acceptors (Lipinski definition) is 4. The Morgan fingerprint density at radius 1 is 0.963 bits per heavy atom. The molecule has 1 heterocycles. The summed E-state index contributed by atoms with van der Waals surface area (Å²) in [5, 5.41) is 6.55. The lowest BCUT2D eigenvalue weighted by Crippen LogP contribution is -2.27. The smallest absolute Gasteiger partial charge is 0.228 e. The highest BCUT2D eigenvalue weighted by atomic mass is 16.5. The second-order valence-electron chi connectivity index (χ2n) is 6.61. The molecule has 4 rings (SSSR count). The lowest BCUT2D eigenvalue weighted by molar-refractivity contribution is -0.115. The molecule has 0 N–H and O–H groups in total. The Balaban J connectivity index is 1.68. The number of anilines is 1. The zero-order chi connectivity index (χ0) is 18.6. The first kappa shape index (κ1) is 17.0. The average molecular weight is 356 g/mol. The molecule has 1 aromatic heterocycles. The van der Waals surface area contributed by atoms with Crippen molar-refractivity contribution in [2.24, 2.45) is 0 Å². The highest BCUT2D eigenvalue weighted by Crippen LogP contribution is 2.27. The molecule has 3 aromatic carbocycles. The van der Waals surface area contributed by atoms with Gasteiger partial charge in [0.25, 0.3) is 0 Å². The van der Waals surface area contributed by atoms with Crippen LogP contribution in [0, 0.1) is 0 Å². The molecule has 4 aromatic rings. The van der Waals surface area contributed by atoms with Gasteiger partial charge < -0.3 is 9.42 Å². The summed E-state index contributed by atoms with van der Waals surface area (Å²) in [5.41, 5.74) is 2.89. The van der Waals surface area contributed by atoms with Gasteiger partial charge in [-0.25, -0.2) is 0 Å². The number of ketones is 1. The van der Waals surface area contributed by atoms with Crippen molar-refractivity contribution in [3.05, 3.63) is 84.4 Å². The van der Waals surface area contributed by atoms with Gasteiger partial charge in [-0.15, -0.1) is 0 Å². The molecule has 0 saturated heterocycles. The normalized spacial score (nSPS) is 10.9. The van der Waals surface area contributed by atoms with Gasteiger partial charge in [-0.1, -0.05) is 78.0 Å². The maximum atomic E-state index is 11.9. The zero-order valence-corrected chi connectivity index (χ0v) is 15.1. The van der Waals surface area contributed by atoms with Crippen LogP contribution in [0.1, 0.15) is 12.5 Å².